The molecule has 1 aromatic rings. The zero-order valence-electron chi connectivity index (χ0n) is 19.0. The van der Waals surface area contributed by atoms with Crippen molar-refractivity contribution in [3.63, 3.8) is 0 Å². The average molecular weight is 413 g/mol. The van der Waals surface area contributed by atoms with E-state index in [0.29, 0.717) is 18.3 Å². The van der Waals surface area contributed by atoms with E-state index < -0.39 is 0 Å². The summed E-state index contributed by atoms with van der Waals surface area (Å²) in [5.41, 5.74) is 0.921. The number of fused-ring (bicyclic) bond motifs is 1. The van der Waals surface area contributed by atoms with Gasteiger partial charge < -0.3 is 4.74 Å². The second-order valence-corrected chi connectivity index (χ2v) is 10.4. The Hall–Kier alpha value is -1.31. The molecule has 2 heteroatoms. The summed E-state index contributed by atoms with van der Waals surface area (Å²) >= 11 is 0. The highest BCUT2D eigenvalue weighted by molar-refractivity contribution is 5.31. The molecule has 30 heavy (non-hydrogen) atoms. The molecule has 1 nitrogen and oxygen atoms in total. The van der Waals surface area contributed by atoms with Crippen LogP contribution in [0.25, 0.3) is 0 Å². The minimum Gasteiger partial charge on any atom is -0.493 e. The van der Waals surface area contributed by atoms with Crippen LogP contribution in [0.15, 0.2) is 30.9 Å². The molecule has 1 aromatic carbocycles. The molecule has 4 rings (SSSR count). The molecule has 3 aliphatic carbocycles. The summed E-state index contributed by atoms with van der Waals surface area (Å²) in [6.07, 6.45) is 17.8. The summed E-state index contributed by atoms with van der Waals surface area (Å²) in [5, 5.41) is 0. The molecule has 0 radical (unpaired) electrons. The van der Waals surface area contributed by atoms with E-state index in [9.17, 15) is 4.39 Å². The molecule has 3 fully saturated rings. The molecule has 0 bridgehead atoms. The largest absolute Gasteiger partial charge is 0.493 e. The van der Waals surface area contributed by atoms with Gasteiger partial charge in [0.25, 0.3) is 0 Å². The number of benzene rings is 1. The van der Waals surface area contributed by atoms with Gasteiger partial charge in [-0.25, -0.2) is 4.39 Å². The van der Waals surface area contributed by atoms with Crippen LogP contribution >= 0.6 is 0 Å². The van der Waals surface area contributed by atoms with Crippen molar-refractivity contribution in [1.82, 2.24) is 0 Å². The van der Waals surface area contributed by atoms with Crippen LogP contribution in [-0.4, -0.2) is 6.61 Å². The molecule has 0 amide bonds. The third kappa shape index (κ3) is 5.11. The first kappa shape index (κ1) is 21.9. The first-order valence-corrected chi connectivity index (χ1v) is 12.7. The first-order chi connectivity index (χ1) is 14.7. The molecule has 3 saturated carbocycles. The molecular weight excluding hydrogens is 371 g/mol. The van der Waals surface area contributed by atoms with Crippen molar-refractivity contribution in [1.29, 1.82) is 0 Å². The third-order valence-electron chi connectivity index (χ3n) is 8.79. The molecule has 0 spiro atoms. The van der Waals surface area contributed by atoms with Gasteiger partial charge in [0, 0.05) is 6.07 Å². The predicted octanol–water partition coefficient (Wildman–Crippen LogP) is 8.30. The van der Waals surface area contributed by atoms with Crippen LogP contribution in [0.1, 0.15) is 95.5 Å². The lowest BCUT2D eigenvalue weighted by Gasteiger charge is -2.45. The fraction of sp³-hybridized carbons (Fsp3) is 0.714. The van der Waals surface area contributed by atoms with Crippen LogP contribution in [0.2, 0.25) is 0 Å². The van der Waals surface area contributed by atoms with Gasteiger partial charge in [0.1, 0.15) is 11.6 Å². The van der Waals surface area contributed by atoms with Gasteiger partial charge in [-0.2, -0.15) is 0 Å². The highest BCUT2D eigenvalue weighted by Gasteiger charge is 2.39. The molecule has 3 aliphatic rings. The van der Waals surface area contributed by atoms with E-state index in [1.54, 1.807) is 6.07 Å². The topological polar surface area (TPSA) is 9.23 Å². The van der Waals surface area contributed by atoms with Gasteiger partial charge in [0.05, 0.1) is 6.61 Å². The summed E-state index contributed by atoms with van der Waals surface area (Å²) in [7, 11) is 0. The molecule has 0 aliphatic heterocycles. The van der Waals surface area contributed by atoms with Crippen molar-refractivity contribution in [3.8, 4) is 5.75 Å². The summed E-state index contributed by atoms with van der Waals surface area (Å²) < 4.78 is 20.5. The fourth-order valence-electron chi connectivity index (χ4n) is 6.89. The Morgan fingerprint density at radius 1 is 0.933 bits per heavy atom. The Morgan fingerprint density at radius 3 is 2.30 bits per heavy atom. The maximum absolute atomic E-state index is 14.8. The minimum atomic E-state index is -0.0732. The van der Waals surface area contributed by atoms with Crippen LogP contribution < -0.4 is 4.74 Å². The van der Waals surface area contributed by atoms with Gasteiger partial charge >= 0.3 is 0 Å². The van der Waals surface area contributed by atoms with Gasteiger partial charge in [0.15, 0.2) is 0 Å². The number of halogens is 1. The highest BCUT2D eigenvalue weighted by Crippen LogP contribution is 2.51. The Bertz CT molecular complexity index is 690. The van der Waals surface area contributed by atoms with Gasteiger partial charge in [-0.1, -0.05) is 38.3 Å². The van der Waals surface area contributed by atoms with E-state index in [1.807, 2.05) is 18.2 Å². The first-order valence-electron chi connectivity index (χ1n) is 12.7. The average Bonchev–Trinajstić information content (AvgIpc) is 2.79. The Balaban J connectivity index is 1.30. The second-order valence-electron chi connectivity index (χ2n) is 10.4. The molecule has 0 saturated heterocycles. The number of hydrogen-bond acceptors (Lipinski definition) is 1. The second kappa shape index (κ2) is 10.3. The zero-order chi connectivity index (χ0) is 20.9. The van der Waals surface area contributed by atoms with E-state index >= 15 is 0 Å². The van der Waals surface area contributed by atoms with Crippen molar-refractivity contribution in [2.45, 2.75) is 89.9 Å². The molecule has 4 atom stereocenters. The van der Waals surface area contributed by atoms with Crippen molar-refractivity contribution >= 4 is 0 Å². The summed E-state index contributed by atoms with van der Waals surface area (Å²) in [6.45, 7) is 6.63. The summed E-state index contributed by atoms with van der Waals surface area (Å²) in [4.78, 5) is 0. The maximum Gasteiger partial charge on any atom is 0.130 e. The number of ether oxygens (including phenoxy) is 1. The third-order valence-corrected chi connectivity index (χ3v) is 8.79. The van der Waals surface area contributed by atoms with Gasteiger partial charge in [-0.15, -0.1) is 6.58 Å². The van der Waals surface area contributed by atoms with Crippen molar-refractivity contribution in [2.24, 2.45) is 29.6 Å². The van der Waals surface area contributed by atoms with Gasteiger partial charge in [-0.3, -0.25) is 0 Å². The Morgan fingerprint density at radius 2 is 1.60 bits per heavy atom. The summed E-state index contributed by atoms with van der Waals surface area (Å²) in [6, 6.07) is 5.53. The van der Waals surface area contributed by atoms with Crippen LogP contribution in [-0.2, 0) is 0 Å². The van der Waals surface area contributed by atoms with Crippen molar-refractivity contribution < 1.29 is 9.13 Å². The lowest BCUT2D eigenvalue weighted by Crippen LogP contribution is -2.34. The maximum atomic E-state index is 14.8. The molecule has 0 heterocycles. The standard InChI is InChI=1S/C28H41FO/c1-3-5-16-30-26-14-15-27(28(29)19-26)25-13-12-23-17-22(10-11-24(23)18-25)21-8-6-20(4-2)7-9-21/h3,14-15,19-25H,1,4-13,16-18H2,2H3. The van der Waals surface area contributed by atoms with Crippen molar-refractivity contribution in [2.75, 3.05) is 6.61 Å². The minimum absolute atomic E-state index is 0.0732. The monoisotopic (exact) mass is 412 g/mol. The van der Waals surface area contributed by atoms with E-state index in [-0.39, 0.29) is 5.82 Å². The number of hydrogen-bond donors (Lipinski definition) is 0. The van der Waals surface area contributed by atoms with E-state index in [4.69, 9.17) is 4.74 Å². The van der Waals surface area contributed by atoms with Gasteiger partial charge in [0.2, 0.25) is 0 Å². The van der Waals surface area contributed by atoms with Crippen LogP contribution in [0, 0.1) is 35.4 Å². The van der Waals surface area contributed by atoms with Crippen LogP contribution in [0.3, 0.4) is 0 Å². The van der Waals surface area contributed by atoms with Crippen LogP contribution in [0.5, 0.6) is 5.75 Å². The Labute approximate surface area is 183 Å². The van der Waals surface area contributed by atoms with Crippen molar-refractivity contribution in [3.05, 3.63) is 42.2 Å². The van der Waals surface area contributed by atoms with E-state index in [2.05, 4.69) is 13.5 Å². The molecule has 166 valence electrons. The lowest BCUT2D eigenvalue weighted by atomic mass is 9.60. The molecule has 0 aromatic heterocycles. The fourth-order valence-corrected chi connectivity index (χ4v) is 6.89. The smallest absolute Gasteiger partial charge is 0.130 e. The molecule has 4 unspecified atom stereocenters. The SMILES string of the molecule is C=CCCOc1ccc(C2CCC3CC(C4CCC(CC)CC4)CCC3C2)c(F)c1. The Kier molecular flexibility index (Phi) is 7.55. The molecule has 0 N–H and O–H groups in total. The summed E-state index contributed by atoms with van der Waals surface area (Å²) in [5.74, 6) is 5.65. The quantitative estimate of drug-likeness (QED) is 0.323. The zero-order valence-corrected chi connectivity index (χ0v) is 19.0. The van der Waals surface area contributed by atoms with E-state index in [0.717, 1.165) is 48.0 Å². The van der Waals surface area contributed by atoms with Gasteiger partial charge in [-0.05, 0) is 105 Å². The normalized spacial score (nSPS) is 34.2. The highest BCUT2D eigenvalue weighted by atomic mass is 19.1. The van der Waals surface area contributed by atoms with Crippen LogP contribution in [0.4, 0.5) is 4.39 Å². The molecular formula is C28H41FO. The van der Waals surface area contributed by atoms with E-state index in [1.165, 1.54) is 64.2 Å². The lowest BCUT2D eigenvalue weighted by molar-refractivity contribution is 0.0712. The predicted molar refractivity (Wildman–Crippen MR) is 123 cm³/mol. The number of rotatable bonds is 7.